The number of hydrogen-bond donors (Lipinski definition) is 0. The lowest BCUT2D eigenvalue weighted by atomic mass is 9.82. The minimum atomic E-state index is -0.134. The maximum atomic E-state index is 2.54. The van der Waals surface area contributed by atoms with Crippen molar-refractivity contribution in [3.8, 4) is 61.3 Å². The van der Waals surface area contributed by atoms with Crippen LogP contribution in [0.2, 0.25) is 0 Å². The first-order chi connectivity index (χ1) is 32.1. The van der Waals surface area contributed by atoms with Crippen LogP contribution in [0.3, 0.4) is 0 Å². The van der Waals surface area contributed by atoms with Gasteiger partial charge in [0, 0.05) is 38.7 Å². The number of anilines is 3. The molecule has 0 bridgehead atoms. The largest absolute Gasteiger partial charge is 0.309 e. The smallest absolute Gasteiger partial charge is 0.0561 e. The van der Waals surface area contributed by atoms with Crippen molar-refractivity contribution in [1.82, 2.24) is 4.57 Å². The SMILES string of the molecule is CC1(C)c2ccccc2-c2c(-c3ccccc3N(c3ccc4c5ccccc5n(-c5ccccc5)c4c3)c3cccc(-c4ccccc4)c3-c3ccccc3-c3ccccc3)cccc21. The highest BCUT2D eigenvalue weighted by Gasteiger charge is 2.37. The summed E-state index contributed by atoms with van der Waals surface area (Å²) in [6.07, 6.45) is 0. The van der Waals surface area contributed by atoms with Gasteiger partial charge in [-0.15, -0.1) is 0 Å². The monoisotopic (exact) mass is 830 g/mol. The van der Waals surface area contributed by atoms with Gasteiger partial charge in [0.15, 0.2) is 0 Å². The van der Waals surface area contributed by atoms with Gasteiger partial charge in [-0.1, -0.05) is 214 Å². The Morgan fingerprint density at radius 3 is 1.63 bits per heavy atom. The number of hydrogen-bond acceptors (Lipinski definition) is 1. The molecule has 1 aliphatic rings. The molecule has 0 spiro atoms. The average Bonchev–Trinajstić information content (AvgIpc) is 3.83. The molecule has 0 unspecified atom stereocenters. The molecule has 0 saturated carbocycles. The fraction of sp³-hybridized carbons (Fsp3) is 0.0476. The molecule has 1 aliphatic carbocycles. The summed E-state index contributed by atoms with van der Waals surface area (Å²) in [6.45, 7) is 4.73. The van der Waals surface area contributed by atoms with Crippen molar-refractivity contribution in [3.63, 3.8) is 0 Å². The second-order valence-corrected chi connectivity index (χ2v) is 17.6. The third-order valence-corrected chi connectivity index (χ3v) is 13.6. The van der Waals surface area contributed by atoms with E-state index in [1.54, 1.807) is 0 Å². The van der Waals surface area contributed by atoms with Gasteiger partial charge in [-0.05, 0) is 98.1 Å². The Morgan fingerprint density at radius 2 is 0.862 bits per heavy atom. The standard InChI is InChI=1S/C63H46N2/c1-63(2)55-35-17-14-32-54(55)61-53(34-20-36-56(61)63)50-30-16-19-38-58(50)65(46-40-41-51-49-29-15-18-37-57(49)64(60(51)42-46)45-26-10-5-11-27-45)59-39-21-33-48(44-24-8-4-9-25-44)62(59)52-31-13-12-28-47(52)43-22-6-3-7-23-43/h3-42H,1-2H3. The maximum absolute atomic E-state index is 2.54. The van der Waals surface area contributed by atoms with Gasteiger partial charge >= 0.3 is 0 Å². The molecule has 0 fully saturated rings. The molecule has 2 heteroatoms. The van der Waals surface area contributed by atoms with Crippen molar-refractivity contribution < 1.29 is 0 Å². The molecule has 308 valence electrons. The van der Waals surface area contributed by atoms with Crippen LogP contribution in [0.5, 0.6) is 0 Å². The van der Waals surface area contributed by atoms with E-state index in [2.05, 4.69) is 266 Å². The van der Waals surface area contributed by atoms with Gasteiger partial charge in [0.1, 0.15) is 0 Å². The Hall–Kier alpha value is -8.20. The molecular formula is C63H46N2. The Morgan fingerprint density at radius 1 is 0.338 bits per heavy atom. The lowest BCUT2D eigenvalue weighted by Crippen LogP contribution is -2.15. The molecule has 65 heavy (non-hydrogen) atoms. The van der Waals surface area contributed by atoms with Crippen LogP contribution in [0.25, 0.3) is 83.1 Å². The number of fused-ring (bicyclic) bond motifs is 6. The van der Waals surface area contributed by atoms with E-state index in [4.69, 9.17) is 0 Å². The molecule has 0 saturated heterocycles. The van der Waals surface area contributed by atoms with Crippen LogP contribution in [-0.4, -0.2) is 4.57 Å². The normalized spacial score (nSPS) is 12.6. The topological polar surface area (TPSA) is 8.17 Å². The van der Waals surface area contributed by atoms with Crippen molar-refractivity contribution in [2.24, 2.45) is 0 Å². The molecule has 1 heterocycles. The second-order valence-electron chi connectivity index (χ2n) is 17.6. The maximum Gasteiger partial charge on any atom is 0.0561 e. The van der Waals surface area contributed by atoms with Gasteiger partial charge in [-0.3, -0.25) is 0 Å². The summed E-state index contributed by atoms with van der Waals surface area (Å²) in [5, 5.41) is 2.45. The first kappa shape index (κ1) is 38.5. The summed E-state index contributed by atoms with van der Waals surface area (Å²) in [5.41, 5.74) is 21.4. The van der Waals surface area contributed by atoms with Crippen molar-refractivity contribution in [2.45, 2.75) is 19.3 Å². The van der Waals surface area contributed by atoms with E-state index in [0.29, 0.717) is 0 Å². The highest BCUT2D eigenvalue weighted by atomic mass is 15.2. The summed E-state index contributed by atoms with van der Waals surface area (Å²) in [4.78, 5) is 2.54. The van der Waals surface area contributed by atoms with Crippen LogP contribution in [-0.2, 0) is 5.41 Å². The molecule has 2 nitrogen and oxygen atoms in total. The molecule has 0 amide bonds. The molecule has 0 aliphatic heterocycles. The third-order valence-electron chi connectivity index (χ3n) is 13.6. The lowest BCUT2D eigenvalue weighted by Gasteiger charge is -2.32. The van der Waals surface area contributed by atoms with E-state index >= 15 is 0 Å². The van der Waals surface area contributed by atoms with E-state index in [1.165, 1.54) is 83.1 Å². The van der Waals surface area contributed by atoms with Crippen LogP contribution in [0.15, 0.2) is 243 Å². The molecular weight excluding hydrogens is 785 g/mol. The number of para-hydroxylation sites is 3. The van der Waals surface area contributed by atoms with Gasteiger partial charge in [-0.25, -0.2) is 0 Å². The van der Waals surface area contributed by atoms with Crippen molar-refractivity contribution in [1.29, 1.82) is 0 Å². The van der Waals surface area contributed by atoms with Crippen LogP contribution in [0.1, 0.15) is 25.0 Å². The van der Waals surface area contributed by atoms with Crippen LogP contribution in [0, 0.1) is 0 Å². The Balaban J connectivity index is 1.20. The summed E-state index contributed by atoms with van der Waals surface area (Å²) in [6, 6.07) is 89.0. The van der Waals surface area contributed by atoms with Gasteiger partial charge in [0.05, 0.1) is 22.4 Å². The first-order valence-corrected chi connectivity index (χ1v) is 22.6. The van der Waals surface area contributed by atoms with Gasteiger partial charge in [0.2, 0.25) is 0 Å². The predicted octanol–water partition coefficient (Wildman–Crippen LogP) is 17.2. The Kier molecular flexibility index (Phi) is 9.21. The molecule has 0 radical (unpaired) electrons. The fourth-order valence-electron chi connectivity index (χ4n) is 10.7. The second kappa shape index (κ2) is 15.6. The minimum Gasteiger partial charge on any atom is -0.309 e. The highest BCUT2D eigenvalue weighted by molar-refractivity contribution is 6.11. The van der Waals surface area contributed by atoms with Crippen LogP contribution >= 0.6 is 0 Å². The summed E-state index contributed by atoms with van der Waals surface area (Å²) >= 11 is 0. The zero-order valence-corrected chi connectivity index (χ0v) is 36.5. The van der Waals surface area contributed by atoms with E-state index in [0.717, 1.165) is 28.3 Å². The predicted molar refractivity (Wildman–Crippen MR) is 275 cm³/mol. The summed E-state index contributed by atoms with van der Waals surface area (Å²) in [7, 11) is 0. The van der Waals surface area contributed by atoms with Crippen LogP contribution in [0.4, 0.5) is 17.1 Å². The highest BCUT2D eigenvalue weighted by Crippen LogP contribution is 2.55. The van der Waals surface area contributed by atoms with Crippen molar-refractivity contribution in [2.75, 3.05) is 4.90 Å². The first-order valence-electron chi connectivity index (χ1n) is 22.6. The average molecular weight is 831 g/mol. The quantitative estimate of drug-likeness (QED) is 0.148. The van der Waals surface area contributed by atoms with Crippen LogP contribution < -0.4 is 4.90 Å². The van der Waals surface area contributed by atoms with Gasteiger partial charge < -0.3 is 9.47 Å². The molecule has 1 aromatic heterocycles. The summed E-state index contributed by atoms with van der Waals surface area (Å²) in [5.74, 6) is 0. The molecule has 0 atom stereocenters. The third kappa shape index (κ3) is 6.25. The van der Waals surface area contributed by atoms with Gasteiger partial charge in [-0.2, -0.15) is 0 Å². The van der Waals surface area contributed by atoms with Crippen molar-refractivity contribution in [3.05, 3.63) is 254 Å². The van der Waals surface area contributed by atoms with E-state index in [1.807, 2.05) is 0 Å². The summed E-state index contributed by atoms with van der Waals surface area (Å²) < 4.78 is 2.42. The molecule has 10 aromatic carbocycles. The number of aromatic nitrogens is 1. The fourth-order valence-corrected chi connectivity index (χ4v) is 10.7. The van der Waals surface area contributed by atoms with Crippen molar-refractivity contribution >= 4 is 38.9 Å². The minimum absolute atomic E-state index is 0.134. The Labute approximate surface area is 381 Å². The molecule has 12 rings (SSSR count). The molecule has 11 aromatic rings. The number of benzene rings is 10. The number of nitrogens with zero attached hydrogens (tertiary/aromatic N) is 2. The van der Waals surface area contributed by atoms with E-state index < -0.39 is 0 Å². The number of rotatable bonds is 8. The Bertz CT molecular complexity index is 3560. The zero-order valence-electron chi connectivity index (χ0n) is 36.5. The lowest BCUT2D eigenvalue weighted by molar-refractivity contribution is 0.660. The van der Waals surface area contributed by atoms with E-state index in [9.17, 15) is 0 Å². The van der Waals surface area contributed by atoms with E-state index in [-0.39, 0.29) is 5.41 Å². The molecule has 0 N–H and O–H groups in total. The zero-order chi connectivity index (χ0) is 43.5. The van der Waals surface area contributed by atoms with Gasteiger partial charge in [0.25, 0.3) is 0 Å².